The predicted octanol–water partition coefficient (Wildman–Crippen LogP) is 2.02. The van der Waals surface area contributed by atoms with Crippen molar-refractivity contribution < 1.29 is 9.53 Å². The summed E-state index contributed by atoms with van der Waals surface area (Å²) >= 11 is 0. The number of ether oxygens (including phenoxy) is 1. The number of hydrogen-bond donors (Lipinski definition) is 0. The topological polar surface area (TPSA) is 29.5 Å². The van der Waals surface area contributed by atoms with E-state index in [9.17, 15) is 4.79 Å². The molecule has 1 rings (SSSR count). The van der Waals surface area contributed by atoms with Crippen molar-refractivity contribution in [2.24, 2.45) is 0 Å². The molecule has 0 bridgehead atoms. The molecular formula is C13H23NO2. The highest BCUT2D eigenvalue weighted by Crippen LogP contribution is 2.12. The van der Waals surface area contributed by atoms with Gasteiger partial charge in [-0.2, -0.15) is 0 Å². The molecule has 0 saturated carbocycles. The molecule has 3 nitrogen and oxygen atoms in total. The number of nitrogens with zero attached hydrogens (tertiary/aromatic N) is 1. The quantitative estimate of drug-likeness (QED) is 0.511. The normalized spacial score (nSPS) is 22.3. The van der Waals surface area contributed by atoms with Crippen LogP contribution in [0.3, 0.4) is 0 Å². The first-order valence-electron chi connectivity index (χ1n) is 6.14. The van der Waals surface area contributed by atoms with Crippen molar-refractivity contribution in [3.05, 3.63) is 12.7 Å². The first-order valence-corrected chi connectivity index (χ1v) is 6.14. The summed E-state index contributed by atoms with van der Waals surface area (Å²) in [6.07, 6.45) is 4.06. The second-order valence-corrected chi connectivity index (χ2v) is 4.60. The lowest BCUT2D eigenvalue weighted by molar-refractivity contribution is -0.137. The van der Waals surface area contributed by atoms with Crippen molar-refractivity contribution in [3.8, 4) is 0 Å². The third kappa shape index (κ3) is 4.06. The second kappa shape index (κ2) is 6.81. The fraction of sp³-hybridized carbons (Fsp3) is 0.769. The molecule has 92 valence electrons. The van der Waals surface area contributed by atoms with Crippen LogP contribution in [0, 0.1) is 0 Å². The molecule has 0 spiro atoms. The average Bonchev–Trinajstić information content (AvgIpc) is 2.29. The number of allylic oxidation sites excluding steroid dienone is 1. The van der Waals surface area contributed by atoms with Gasteiger partial charge in [0.05, 0.1) is 6.61 Å². The van der Waals surface area contributed by atoms with Crippen LogP contribution in [-0.4, -0.2) is 42.5 Å². The Balaban J connectivity index is 2.34. The number of carbonyl (C=O) groups is 1. The van der Waals surface area contributed by atoms with Gasteiger partial charge in [-0.25, -0.2) is 0 Å². The number of Topliss-reactive ketones (excluding diaryl/α,β-unsaturated/α-hetero) is 1. The summed E-state index contributed by atoms with van der Waals surface area (Å²) in [5.74, 6) is 0.243. The molecule has 1 aliphatic rings. The zero-order valence-corrected chi connectivity index (χ0v) is 10.4. The molecule has 0 amide bonds. The minimum Gasteiger partial charge on any atom is -0.368 e. The Morgan fingerprint density at radius 2 is 2.38 bits per heavy atom. The van der Waals surface area contributed by atoms with Gasteiger partial charge < -0.3 is 4.74 Å². The summed E-state index contributed by atoms with van der Waals surface area (Å²) in [5, 5.41) is 0. The van der Waals surface area contributed by atoms with E-state index in [1.807, 2.05) is 6.08 Å². The lowest BCUT2D eigenvalue weighted by atomic mass is 10.1. The molecule has 1 fully saturated rings. The molecule has 0 aromatic rings. The van der Waals surface area contributed by atoms with E-state index >= 15 is 0 Å². The van der Waals surface area contributed by atoms with Crippen molar-refractivity contribution in [2.75, 3.05) is 19.7 Å². The number of carbonyl (C=O) groups excluding carboxylic acids is 1. The molecule has 16 heavy (non-hydrogen) atoms. The number of ketones is 1. The molecule has 0 aromatic carbocycles. The lowest BCUT2D eigenvalue weighted by Crippen LogP contribution is -2.48. The van der Waals surface area contributed by atoms with E-state index in [1.54, 1.807) is 0 Å². The fourth-order valence-corrected chi connectivity index (χ4v) is 1.91. The van der Waals surface area contributed by atoms with E-state index < -0.39 is 0 Å². The van der Waals surface area contributed by atoms with E-state index in [-0.39, 0.29) is 11.9 Å². The van der Waals surface area contributed by atoms with Crippen LogP contribution in [0.15, 0.2) is 12.7 Å². The molecule has 1 heterocycles. The molecule has 3 heteroatoms. The zero-order valence-electron chi connectivity index (χ0n) is 10.4. The Hall–Kier alpha value is -0.670. The first-order chi connectivity index (χ1) is 7.65. The molecule has 0 N–H and O–H groups in total. The van der Waals surface area contributed by atoms with Gasteiger partial charge in [-0.3, -0.25) is 9.69 Å². The third-order valence-corrected chi connectivity index (χ3v) is 3.02. The standard InChI is InChI=1S/C13H23NO2/c1-4-5-6-7-12(15)13-10-14(11(2)3)8-9-16-13/h4,11,13H,1,5-10H2,2-3H3. The van der Waals surface area contributed by atoms with Gasteiger partial charge in [-0.05, 0) is 26.7 Å². The number of unbranched alkanes of at least 4 members (excludes halogenated alkanes) is 1. The molecular weight excluding hydrogens is 202 g/mol. The van der Waals surface area contributed by atoms with E-state index in [4.69, 9.17) is 4.74 Å². The maximum absolute atomic E-state index is 11.9. The van der Waals surface area contributed by atoms with Crippen LogP contribution in [0.2, 0.25) is 0 Å². The van der Waals surface area contributed by atoms with Crippen LogP contribution in [0.1, 0.15) is 33.1 Å². The summed E-state index contributed by atoms with van der Waals surface area (Å²) in [4.78, 5) is 14.2. The average molecular weight is 225 g/mol. The lowest BCUT2D eigenvalue weighted by Gasteiger charge is -2.34. The fourth-order valence-electron chi connectivity index (χ4n) is 1.91. The molecule has 1 saturated heterocycles. The maximum Gasteiger partial charge on any atom is 0.162 e. The van der Waals surface area contributed by atoms with Gasteiger partial charge in [0, 0.05) is 25.6 Å². The van der Waals surface area contributed by atoms with Gasteiger partial charge in [0.1, 0.15) is 6.10 Å². The van der Waals surface area contributed by atoms with Gasteiger partial charge in [-0.1, -0.05) is 6.08 Å². The minimum atomic E-state index is -0.207. The Kier molecular flexibility index (Phi) is 5.71. The van der Waals surface area contributed by atoms with E-state index in [0.29, 0.717) is 19.1 Å². The van der Waals surface area contributed by atoms with Crippen molar-refractivity contribution in [1.29, 1.82) is 0 Å². The van der Waals surface area contributed by atoms with Crippen LogP contribution < -0.4 is 0 Å². The highest BCUT2D eigenvalue weighted by atomic mass is 16.5. The molecule has 0 aliphatic carbocycles. The summed E-state index contributed by atoms with van der Waals surface area (Å²) < 4.78 is 5.53. The third-order valence-electron chi connectivity index (χ3n) is 3.02. The summed E-state index contributed by atoms with van der Waals surface area (Å²) in [7, 11) is 0. The van der Waals surface area contributed by atoms with Gasteiger partial charge in [0.2, 0.25) is 0 Å². The van der Waals surface area contributed by atoms with Crippen LogP contribution in [0.5, 0.6) is 0 Å². The van der Waals surface area contributed by atoms with Crippen LogP contribution in [0.25, 0.3) is 0 Å². The SMILES string of the molecule is C=CCCCC(=O)C1CN(C(C)C)CCO1. The molecule has 0 radical (unpaired) electrons. The van der Waals surface area contributed by atoms with Crippen molar-refractivity contribution in [2.45, 2.75) is 45.3 Å². The molecule has 1 atom stereocenters. The van der Waals surface area contributed by atoms with Crippen molar-refractivity contribution in [3.63, 3.8) is 0 Å². The Bertz CT molecular complexity index is 238. The monoisotopic (exact) mass is 225 g/mol. The van der Waals surface area contributed by atoms with Gasteiger partial charge >= 0.3 is 0 Å². The maximum atomic E-state index is 11.9. The highest BCUT2D eigenvalue weighted by molar-refractivity contribution is 5.83. The Labute approximate surface area is 98.5 Å². The molecule has 1 unspecified atom stereocenters. The smallest absolute Gasteiger partial charge is 0.162 e. The van der Waals surface area contributed by atoms with Gasteiger partial charge in [0.25, 0.3) is 0 Å². The molecule has 0 aromatic heterocycles. The Morgan fingerprint density at radius 3 is 3.00 bits per heavy atom. The van der Waals surface area contributed by atoms with E-state index in [2.05, 4.69) is 25.3 Å². The zero-order chi connectivity index (χ0) is 12.0. The largest absolute Gasteiger partial charge is 0.368 e. The highest BCUT2D eigenvalue weighted by Gasteiger charge is 2.26. The first kappa shape index (κ1) is 13.4. The Morgan fingerprint density at radius 1 is 1.62 bits per heavy atom. The van der Waals surface area contributed by atoms with Gasteiger partial charge in [-0.15, -0.1) is 6.58 Å². The molecule has 1 aliphatic heterocycles. The van der Waals surface area contributed by atoms with E-state index in [1.165, 1.54) is 0 Å². The second-order valence-electron chi connectivity index (χ2n) is 4.60. The van der Waals surface area contributed by atoms with Gasteiger partial charge in [0.15, 0.2) is 5.78 Å². The minimum absolute atomic E-state index is 0.207. The van der Waals surface area contributed by atoms with Crippen molar-refractivity contribution >= 4 is 5.78 Å². The summed E-state index contributed by atoms with van der Waals surface area (Å²) in [6.45, 7) is 10.3. The number of hydrogen-bond acceptors (Lipinski definition) is 3. The van der Waals surface area contributed by atoms with E-state index in [0.717, 1.165) is 25.9 Å². The number of morpholine rings is 1. The summed E-state index contributed by atoms with van der Waals surface area (Å²) in [5.41, 5.74) is 0. The van der Waals surface area contributed by atoms with Crippen molar-refractivity contribution in [1.82, 2.24) is 4.90 Å². The predicted molar refractivity (Wildman–Crippen MR) is 65.5 cm³/mol. The van der Waals surface area contributed by atoms with Crippen LogP contribution in [0.4, 0.5) is 0 Å². The van der Waals surface area contributed by atoms with Crippen LogP contribution >= 0.6 is 0 Å². The summed E-state index contributed by atoms with van der Waals surface area (Å²) in [6, 6.07) is 0.493. The van der Waals surface area contributed by atoms with Crippen LogP contribution in [-0.2, 0) is 9.53 Å². The number of rotatable bonds is 6.